The van der Waals surface area contributed by atoms with Gasteiger partial charge in [0.25, 0.3) is 0 Å². The Balaban J connectivity index is 1.47. The van der Waals surface area contributed by atoms with Crippen LogP contribution in [0.25, 0.3) is 6.08 Å². The first-order chi connectivity index (χ1) is 15.0. The molecular formula is C25H23NO4S. The fourth-order valence-electron chi connectivity index (χ4n) is 4.10. The molecule has 0 aliphatic carbocycles. The SMILES string of the molecule is COc1ccccc1CN1COc2cc(C)c3c(c2C1)O/C(=C\c1sccc1C)C3=O. The van der Waals surface area contributed by atoms with Crippen LogP contribution in [0.15, 0.2) is 47.5 Å². The van der Waals surface area contributed by atoms with Crippen LogP contribution in [-0.4, -0.2) is 24.5 Å². The number of ether oxygens (including phenoxy) is 3. The Hall–Kier alpha value is -3.09. The summed E-state index contributed by atoms with van der Waals surface area (Å²) in [5.41, 5.74) is 4.66. The molecule has 2 aliphatic heterocycles. The van der Waals surface area contributed by atoms with E-state index < -0.39 is 0 Å². The number of ketones is 1. The molecule has 0 radical (unpaired) electrons. The van der Waals surface area contributed by atoms with Crippen molar-refractivity contribution in [1.29, 1.82) is 0 Å². The number of carbonyl (C=O) groups excluding carboxylic acids is 1. The molecule has 0 spiro atoms. The van der Waals surface area contributed by atoms with Crippen LogP contribution in [0.5, 0.6) is 17.2 Å². The van der Waals surface area contributed by atoms with Gasteiger partial charge in [-0.25, -0.2) is 0 Å². The van der Waals surface area contributed by atoms with Crippen LogP contribution >= 0.6 is 11.3 Å². The predicted octanol–water partition coefficient (Wildman–Crippen LogP) is 5.34. The van der Waals surface area contributed by atoms with Crippen LogP contribution in [0, 0.1) is 13.8 Å². The third-order valence-electron chi connectivity index (χ3n) is 5.74. The molecular weight excluding hydrogens is 410 g/mol. The molecule has 2 aromatic carbocycles. The molecule has 0 fully saturated rings. The number of rotatable bonds is 4. The maximum absolute atomic E-state index is 13.1. The maximum atomic E-state index is 13.1. The summed E-state index contributed by atoms with van der Waals surface area (Å²) in [5, 5.41) is 2.02. The first kappa shape index (κ1) is 19.8. The zero-order valence-corrected chi connectivity index (χ0v) is 18.5. The highest BCUT2D eigenvalue weighted by Crippen LogP contribution is 2.44. The van der Waals surface area contributed by atoms with Crippen LogP contribution in [0.2, 0.25) is 0 Å². The van der Waals surface area contributed by atoms with Gasteiger partial charge < -0.3 is 14.2 Å². The third-order valence-corrected chi connectivity index (χ3v) is 6.70. The summed E-state index contributed by atoms with van der Waals surface area (Å²) >= 11 is 1.60. The van der Waals surface area contributed by atoms with Gasteiger partial charge in [0.15, 0.2) is 5.76 Å². The maximum Gasteiger partial charge on any atom is 0.232 e. The van der Waals surface area contributed by atoms with E-state index in [2.05, 4.69) is 11.0 Å². The highest BCUT2D eigenvalue weighted by atomic mass is 32.1. The van der Waals surface area contributed by atoms with Gasteiger partial charge in [0, 0.05) is 29.6 Å². The second-order valence-corrected chi connectivity index (χ2v) is 8.80. The molecule has 3 heterocycles. The number of methoxy groups -OCH3 is 1. The lowest BCUT2D eigenvalue weighted by molar-refractivity contribution is 0.0864. The molecule has 0 saturated carbocycles. The molecule has 5 rings (SSSR count). The van der Waals surface area contributed by atoms with Crippen LogP contribution in [0.4, 0.5) is 0 Å². The minimum Gasteiger partial charge on any atom is -0.496 e. The van der Waals surface area contributed by atoms with Gasteiger partial charge in [-0.2, -0.15) is 0 Å². The highest BCUT2D eigenvalue weighted by molar-refractivity contribution is 7.11. The summed E-state index contributed by atoms with van der Waals surface area (Å²) in [6.45, 7) is 5.75. The summed E-state index contributed by atoms with van der Waals surface area (Å²) < 4.78 is 17.7. The monoisotopic (exact) mass is 433 g/mol. The van der Waals surface area contributed by atoms with E-state index in [0.29, 0.717) is 36.9 Å². The lowest BCUT2D eigenvalue weighted by Crippen LogP contribution is -2.32. The van der Waals surface area contributed by atoms with Gasteiger partial charge in [0.2, 0.25) is 5.78 Å². The molecule has 0 bridgehead atoms. The topological polar surface area (TPSA) is 48.0 Å². The van der Waals surface area contributed by atoms with E-state index in [0.717, 1.165) is 38.6 Å². The molecule has 158 valence electrons. The van der Waals surface area contributed by atoms with Crippen molar-refractivity contribution in [3.05, 3.63) is 80.2 Å². The van der Waals surface area contributed by atoms with Gasteiger partial charge in [0.1, 0.15) is 24.0 Å². The smallest absolute Gasteiger partial charge is 0.232 e. The van der Waals surface area contributed by atoms with Crippen LogP contribution in [0.3, 0.4) is 0 Å². The fraction of sp³-hybridized carbons (Fsp3) is 0.240. The number of nitrogens with zero attached hydrogens (tertiary/aromatic N) is 1. The number of Topliss-reactive ketones (excluding diaryl/α,β-unsaturated/α-hetero) is 1. The number of allylic oxidation sites excluding steroid dienone is 1. The number of para-hydroxylation sites is 1. The molecule has 1 aromatic heterocycles. The molecule has 0 N–H and O–H groups in total. The summed E-state index contributed by atoms with van der Waals surface area (Å²) in [5.74, 6) is 2.58. The van der Waals surface area contributed by atoms with Crippen LogP contribution < -0.4 is 14.2 Å². The molecule has 2 aliphatic rings. The fourth-order valence-corrected chi connectivity index (χ4v) is 4.95. The van der Waals surface area contributed by atoms with Crippen molar-refractivity contribution in [3.63, 3.8) is 0 Å². The van der Waals surface area contributed by atoms with E-state index in [1.807, 2.05) is 55.6 Å². The van der Waals surface area contributed by atoms with Crippen molar-refractivity contribution in [2.45, 2.75) is 26.9 Å². The number of aryl methyl sites for hydroxylation is 2. The highest BCUT2D eigenvalue weighted by Gasteiger charge is 2.35. The number of fused-ring (bicyclic) bond motifs is 3. The number of hydrogen-bond donors (Lipinski definition) is 0. The second kappa shape index (κ2) is 7.87. The van der Waals surface area contributed by atoms with Gasteiger partial charge in [-0.15, -0.1) is 11.3 Å². The predicted molar refractivity (Wildman–Crippen MR) is 121 cm³/mol. The van der Waals surface area contributed by atoms with Gasteiger partial charge in [-0.3, -0.25) is 9.69 Å². The molecule has 0 amide bonds. The van der Waals surface area contributed by atoms with Gasteiger partial charge in [0.05, 0.1) is 18.2 Å². The third kappa shape index (κ3) is 3.52. The number of benzene rings is 2. The van der Waals surface area contributed by atoms with E-state index in [1.165, 1.54) is 0 Å². The molecule has 5 nitrogen and oxygen atoms in total. The van der Waals surface area contributed by atoms with Crippen molar-refractivity contribution in [2.75, 3.05) is 13.8 Å². The molecule has 0 atom stereocenters. The van der Waals surface area contributed by atoms with E-state index in [4.69, 9.17) is 14.2 Å². The zero-order chi connectivity index (χ0) is 21.5. The molecule has 3 aromatic rings. The number of thiophene rings is 1. The minimum absolute atomic E-state index is 0.0649. The Bertz CT molecular complexity index is 1210. The average Bonchev–Trinajstić information content (AvgIpc) is 3.33. The first-order valence-corrected chi connectivity index (χ1v) is 11.0. The molecule has 0 unspecified atom stereocenters. The van der Waals surface area contributed by atoms with E-state index in [-0.39, 0.29) is 5.78 Å². The van der Waals surface area contributed by atoms with E-state index in [1.54, 1.807) is 18.4 Å². The van der Waals surface area contributed by atoms with Crippen molar-refractivity contribution in [3.8, 4) is 17.2 Å². The van der Waals surface area contributed by atoms with E-state index >= 15 is 0 Å². The van der Waals surface area contributed by atoms with Crippen molar-refractivity contribution < 1.29 is 19.0 Å². The summed E-state index contributed by atoms with van der Waals surface area (Å²) in [4.78, 5) is 16.4. The Morgan fingerprint density at radius 2 is 2.03 bits per heavy atom. The molecule has 6 heteroatoms. The first-order valence-electron chi connectivity index (χ1n) is 10.2. The summed E-state index contributed by atoms with van der Waals surface area (Å²) in [6.07, 6.45) is 1.85. The minimum atomic E-state index is -0.0649. The van der Waals surface area contributed by atoms with Gasteiger partial charge in [-0.1, -0.05) is 18.2 Å². The average molecular weight is 434 g/mol. The Morgan fingerprint density at radius 3 is 2.81 bits per heavy atom. The normalized spacial score (nSPS) is 16.6. The van der Waals surface area contributed by atoms with E-state index in [9.17, 15) is 4.79 Å². The quantitative estimate of drug-likeness (QED) is 0.520. The van der Waals surface area contributed by atoms with Crippen LogP contribution in [0.1, 0.15) is 37.5 Å². The largest absolute Gasteiger partial charge is 0.496 e. The summed E-state index contributed by atoms with van der Waals surface area (Å²) in [6, 6.07) is 12.0. The number of carbonyl (C=O) groups is 1. The summed E-state index contributed by atoms with van der Waals surface area (Å²) in [7, 11) is 1.68. The Morgan fingerprint density at radius 1 is 1.19 bits per heavy atom. The van der Waals surface area contributed by atoms with Crippen molar-refractivity contribution in [2.24, 2.45) is 0 Å². The Kier molecular flexibility index (Phi) is 5.04. The van der Waals surface area contributed by atoms with Gasteiger partial charge in [-0.05, 0) is 48.6 Å². The lowest BCUT2D eigenvalue weighted by atomic mass is 9.98. The lowest BCUT2D eigenvalue weighted by Gasteiger charge is -2.30. The van der Waals surface area contributed by atoms with Crippen molar-refractivity contribution >= 4 is 23.2 Å². The van der Waals surface area contributed by atoms with Crippen molar-refractivity contribution in [1.82, 2.24) is 4.90 Å². The zero-order valence-electron chi connectivity index (χ0n) is 17.7. The Labute approximate surface area is 185 Å². The molecule has 0 saturated heterocycles. The standard InChI is InChI=1S/C25H23NO4S/c1-15-8-9-31-22(15)11-21-24(27)23-16(2)10-20-18(25(23)30-21)13-26(14-29-20)12-17-6-4-5-7-19(17)28-3/h4-11H,12-14H2,1-3H3/b21-11-. The van der Waals surface area contributed by atoms with Gasteiger partial charge >= 0.3 is 0 Å². The van der Waals surface area contributed by atoms with Crippen LogP contribution in [-0.2, 0) is 13.1 Å². The molecule has 31 heavy (non-hydrogen) atoms. The second-order valence-electron chi connectivity index (χ2n) is 7.85. The number of hydrogen-bond acceptors (Lipinski definition) is 6.